The number of hydrogen-bond donors (Lipinski definition) is 2. The van der Waals surface area contributed by atoms with Gasteiger partial charge in [0.05, 0.1) is 17.6 Å². The van der Waals surface area contributed by atoms with Crippen molar-refractivity contribution in [2.45, 2.75) is 31.3 Å². The lowest BCUT2D eigenvalue weighted by Crippen LogP contribution is -2.30. The first-order valence-corrected chi connectivity index (χ1v) is 11.3. The molecular formula is C20H20Cl2N4O3S. The van der Waals surface area contributed by atoms with Gasteiger partial charge in [-0.3, -0.25) is 4.79 Å². The summed E-state index contributed by atoms with van der Waals surface area (Å²) in [6.07, 6.45) is 1.56. The van der Waals surface area contributed by atoms with Crippen LogP contribution in [0.2, 0.25) is 10.0 Å². The van der Waals surface area contributed by atoms with Crippen molar-refractivity contribution in [2.75, 3.05) is 5.32 Å². The summed E-state index contributed by atoms with van der Waals surface area (Å²) >= 11 is 12.1. The zero-order valence-electron chi connectivity index (χ0n) is 16.3. The molecule has 1 heterocycles. The van der Waals surface area contributed by atoms with Gasteiger partial charge in [0.1, 0.15) is 5.82 Å². The van der Waals surface area contributed by atoms with Crippen LogP contribution in [0.25, 0.3) is 0 Å². The number of rotatable bonds is 7. The Hall–Kier alpha value is -2.39. The molecule has 158 valence electrons. The number of carbonyl (C=O) groups is 1. The average molecular weight is 467 g/mol. The molecule has 0 aliphatic carbocycles. The van der Waals surface area contributed by atoms with Crippen LogP contribution in [-0.4, -0.2) is 30.1 Å². The lowest BCUT2D eigenvalue weighted by Gasteiger charge is -2.11. The fourth-order valence-corrected chi connectivity index (χ4v) is 4.45. The van der Waals surface area contributed by atoms with Gasteiger partial charge < -0.3 is 5.32 Å². The van der Waals surface area contributed by atoms with Crippen molar-refractivity contribution in [2.24, 2.45) is 0 Å². The van der Waals surface area contributed by atoms with Gasteiger partial charge in [0.2, 0.25) is 10.0 Å². The summed E-state index contributed by atoms with van der Waals surface area (Å²) in [6.45, 7) is 3.82. The van der Waals surface area contributed by atoms with Gasteiger partial charge in [-0.05, 0) is 55.8 Å². The van der Waals surface area contributed by atoms with Crippen molar-refractivity contribution >= 4 is 45.0 Å². The van der Waals surface area contributed by atoms with Crippen LogP contribution in [0.15, 0.2) is 59.6 Å². The monoisotopic (exact) mass is 466 g/mol. The molecule has 0 aliphatic heterocycles. The first-order chi connectivity index (χ1) is 14.2. The van der Waals surface area contributed by atoms with Gasteiger partial charge in [-0.25, -0.2) is 17.8 Å². The van der Waals surface area contributed by atoms with Gasteiger partial charge in [-0.1, -0.05) is 29.3 Å². The number of benzene rings is 2. The Morgan fingerprint density at radius 2 is 1.80 bits per heavy atom. The Morgan fingerprint density at radius 1 is 1.10 bits per heavy atom. The number of aromatic nitrogens is 2. The maximum Gasteiger partial charge on any atom is 0.256 e. The molecule has 0 atom stereocenters. The van der Waals surface area contributed by atoms with Crippen molar-refractivity contribution in [1.82, 2.24) is 14.5 Å². The second kappa shape index (κ2) is 9.18. The Labute approximate surface area is 185 Å². The molecule has 1 amide bonds. The van der Waals surface area contributed by atoms with E-state index in [1.54, 1.807) is 49.0 Å². The van der Waals surface area contributed by atoms with Crippen LogP contribution in [0, 0.1) is 0 Å². The van der Waals surface area contributed by atoms with E-state index in [0.29, 0.717) is 28.0 Å². The molecule has 0 saturated heterocycles. The van der Waals surface area contributed by atoms with Gasteiger partial charge in [0.15, 0.2) is 0 Å². The molecule has 3 rings (SSSR count). The summed E-state index contributed by atoms with van der Waals surface area (Å²) in [5, 5.41) is 8.03. The number of nitrogens with one attached hydrogen (secondary N) is 2. The topological polar surface area (TPSA) is 93.1 Å². The maximum atomic E-state index is 12.6. The van der Waals surface area contributed by atoms with Gasteiger partial charge in [-0.2, -0.15) is 5.10 Å². The largest absolute Gasteiger partial charge is 0.307 e. The fraction of sp³-hybridized carbons (Fsp3) is 0.200. The molecule has 30 heavy (non-hydrogen) atoms. The van der Waals surface area contributed by atoms with Gasteiger partial charge in [-0.15, -0.1) is 0 Å². The third-order valence-electron chi connectivity index (χ3n) is 4.11. The second-order valence-electron chi connectivity index (χ2n) is 6.86. The van der Waals surface area contributed by atoms with Gasteiger partial charge in [0, 0.05) is 27.7 Å². The van der Waals surface area contributed by atoms with Crippen LogP contribution in [-0.2, 0) is 16.6 Å². The van der Waals surface area contributed by atoms with Crippen LogP contribution in [0.3, 0.4) is 0 Å². The number of hydrogen-bond acceptors (Lipinski definition) is 4. The zero-order chi connectivity index (χ0) is 21.9. The molecule has 10 heteroatoms. The highest BCUT2D eigenvalue weighted by molar-refractivity contribution is 7.89. The molecule has 0 bridgehead atoms. The third kappa shape index (κ3) is 5.40. The van der Waals surface area contributed by atoms with E-state index in [2.05, 4.69) is 15.1 Å². The highest BCUT2D eigenvalue weighted by Crippen LogP contribution is 2.23. The molecule has 0 unspecified atom stereocenters. The second-order valence-corrected chi connectivity index (χ2v) is 9.42. The summed E-state index contributed by atoms with van der Waals surface area (Å²) in [4.78, 5) is 12.7. The number of nitrogens with zero attached hydrogens (tertiary/aromatic N) is 2. The fourth-order valence-electron chi connectivity index (χ4n) is 2.73. The van der Waals surface area contributed by atoms with Crippen molar-refractivity contribution < 1.29 is 13.2 Å². The predicted octanol–water partition coefficient (Wildman–Crippen LogP) is 4.18. The lowest BCUT2D eigenvalue weighted by molar-refractivity contribution is 0.102. The van der Waals surface area contributed by atoms with Crippen LogP contribution in [0.5, 0.6) is 0 Å². The Kier molecular flexibility index (Phi) is 6.82. The smallest absolute Gasteiger partial charge is 0.256 e. The first kappa shape index (κ1) is 22.3. The number of sulfonamides is 1. The van der Waals surface area contributed by atoms with E-state index in [9.17, 15) is 13.2 Å². The van der Waals surface area contributed by atoms with Crippen molar-refractivity contribution in [3.63, 3.8) is 0 Å². The summed E-state index contributed by atoms with van der Waals surface area (Å²) in [7, 11) is -3.62. The summed E-state index contributed by atoms with van der Waals surface area (Å²) in [6, 6.07) is 12.3. The summed E-state index contributed by atoms with van der Waals surface area (Å²) in [5.74, 6) is 0.0870. The Balaban J connectivity index is 1.73. The van der Waals surface area contributed by atoms with Crippen molar-refractivity contribution in [1.29, 1.82) is 0 Å². The lowest BCUT2D eigenvalue weighted by atomic mass is 10.2. The number of halogens is 2. The molecule has 0 aliphatic rings. The minimum Gasteiger partial charge on any atom is -0.307 e. The minimum atomic E-state index is -3.62. The molecule has 7 nitrogen and oxygen atoms in total. The molecule has 2 aromatic carbocycles. The maximum absolute atomic E-state index is 12.6. The van der Waals surface area contributed by atoms with Crippen LogP contribution >= 0.6 is 23.2 Å². The zero-order valence-corrected chi connectivity index (χ0v) is 18.6. The van der Waals surface area contributed by atoms with E-state index in [1.807, 2.05) is 0 Å². The average Bonchev–Trinajstić information content (AvgIpc) is 3.10. The van der Waals surface area contributed by atoms with Gasteiger partial charge >= 0.3 is 0 Å². The molecule has 2 N–H and O–H groups in total. The Bertz CT molecular complexity index is 1160. The third-order valence-corrected chi connectivity index (χ3v) is 6.37. The SMILES string of the molecule is CC(C)NS(=O)(=O)c1ccc(C(=O)Nc2ccnn2Cc2ccc(Cl)cc2Cl)cc1. The van der Waals surface area contributed by atoms with E-state index in [1.165, 1.54) is 24.3 Å². The standard InChI is InChI=1S/C20H20Cl2N4O3S/c1-13(2)25-30(28,29)17-7-4-14(5-8-17)20(27)24-19-9-10-23-26(19)12-15-3-6-16(21)11-18(15)22/h3-11,13,25H,12H2,1-2H3,(H,24,27). The van der Waals surface area contributed by atoms with E-state index < -0.39 is 10.0 Å². The Morgan fingerprint density at radius 3 is 2.43 bits per heavy atom. The highest BCUT2D eigenvalue weighted by atomic mass is 35.5. The first-order valence-electron chi connectivity index (χ1n) is 9.05. The molecular weight excluding hydrogens is 447 g/mol. The van der Waals surface area contributed by atoms with Crippen LogP contribution in [0.1, 0.15) is 29.8 Å². The minimum absolute atomic E-state index is 0.0928. The molecule has 0 fully saturated rings. The van der Waals surface area contributed by atoms with E-state index >= 15 is 0 Å². The summed E-state index contributed by atoms with van der Waals surface area (Å²) in [5.41, 5.74) is 1.11. The predicted molar refractivity (Wildman–Crippen MR) is 118 cm³/mol. The molecule has 0 spiro atoms. The van der Waals surface area contributed by atoms with E-state index in [0.717, 1.165) is 5.56 Å². The number of carbonyl (C=O) groups excluding carboxylic acids is 1. The summed E-state index contributed by atoms with van der Waals surface area (Å²) < 4.78 is 28.5. The number of amides is 1. The molecule has 1 aromatic heterocycles. The van der Waals surface area contributed by atoms with Crippen molar-refractivity contribution in [3.05, 3.63) is 75.9 Å². The quantitative estimate of drug-likeness (QED) is 0.545. The molecule has 0 saturated carbocycles. The van der Waals surface area contributed by atoms with Gasteiger partial charge in [0.25, 0.3) is 5.91 Å². The van der Waals surface area contributed by atoms with E-state index in [-0.39, 0.29) is 16.8 Å². The van der Waals surface area contributed by atoms with Crippen LogP contribution in [0.4, 0.5) is 5.82 Å². The molecule has 3 aromatic rings. The normalized spacial score (nSPS) is 11.6. The number of anilines is 1. The van der Waals surface area contributed by atoms with Crippen molar-refractivity contribution in [3.8, 4) is 0 Å². The van der Waals surface area contributed by atoms with Crippen LogP contribution < -0.4 is 10.0 Å². The molecule has 0 radical (unpaired) electrons. The highest BCUT2D eigenvalue weighted by Gasteiger charge is 2.17. The van der Waals surface area contributed by atoms with E-state index in [4.69, 9.17) is 23.2 Å².